The Morgan fingerprint density at radius 3 is 2.41 bits per heavy atom. The topological polar surface area (TPSA) is 111 Å². The number of nitrogens with one attached hydrogen (secondary N) is 1. The van der Waals surface area contributed by atoms with Gasteiger partial charge in [-0.1, -0.05) is 12.1 Å². The van der Waals surface area contributed by atoms with Crippen LogP contribution >= 0.6 is 11.8 Å². The lowest BCUT2D eigenvalue weighted by molar-refractivity contribution is -0.147. The predicted octanol–water partition coefficient (Wildman–Crippen LogP) is 2.02. The number of anilines is 1. The Morgan fingerprint density at radius 2 is 1.85 bits per heavy atom. The average molecular weight is 391 g/mol. The number of amides is 2. The highest BCUT2D eigenvalue weighted by Gasteiger charge is 2.40. The molecule has 2 N–H and O–H groups in total. The molecule has 0 aliphatic carbocycles. The van der Waals surface area contributed by atoms with Crippen molar-refractivity contribution in [3.63, 3.8) is 0 Å². The number of hydrogen-bond donors (Lipinski definition) is 2. The Balaban J connectivity index is 1.62. The van der Waals surface area contributed by atoms with Crippen molar-refractivity contribution in [2.24, 2.45) is 5.92 Å². The zero-order valence-electron chi connectivity index (χ0n) is 14.9. The fourth-order valence-corrected chi connectivity index (χ4v) is 3.64. The van der Waals surface area contributed by atoms with E-state index in [4.69, 9.17) is 15.3 Å². The number of nitrogens with zero attached hydrogens (tertiary/aromatic N) is 2. The summed E-state index contributed by atoms with van der Waals surface area (Å²) in [6.45, 7) is 0.834. The van der Waals surface area contributed by atoms with Crippen molar-refractivity contribution in [2.75, 3.05) is 30.8 Å². The maximum Gasteiger partial charge on any atom is 0.415 e. The van der Waals surface area contributed by atoms with Crippen LogP contribution in [-0.4, -0.2) is 65.0 Å². The number of carbonyl (C=O) groups is 3. The molecule has 27 heavy (non-hydrogen) atoms. The van der Waals surface area contributed by atoms with E-state index in [2.05, 4.69) is 0 Å². The summed E-state index contributed by atoms with van der Waals surface area (Å²) in [5, 5.41) is 17.3. The number of piperidine rings is 1. The number of aliphatic carboxylic acids is 1. The zero-order valence-corrected chi connectivity index (χ0v) is 15.7. The van der Waals surface area contributed by atoms with Crippen molar-refractivity contribution in [1.29, 1.82) is 5.41 Å². The summed E-state index contributed by atoms with van der Waals surface area (Å²) in [5.74, 6) is -1.54. The number of cyclic esters (lactones) is 1. The summed E-state index contributed by atoms with van der Waals surface area (Å²) in [6, 6.07) is 6.97. The average Bonchev–Trinajstić information content (AvgIpc) is 3.08. The van der Waals surface area contributed by atoms with Crippen LogP contribution in [0.25, 0.3) is 0 Å². The summed E-state index contributed by atoms with van der Waals surface area (Å²) in [7, 11) is 0. The Morgan fingerprint density at radius 1 is 1.22 bits per heavy atom. The number of carbonyl (C=O) groups excluding carboxylic acids is 2. The first-order chi connectivity index (χ1) is 12.9. The maximum atomic E-state index is 12.6. The second-order valence-corrected chi connectivity index (χ2v) is 7.32. The molecule has 1 unspecified atom stereocenters. The third-order valence-corrected chi connectivity index (χ3v) is 5.53. The number of rotatable bonds is 4. The van der Waals surface area contributed by atoms with Gasteiger partial charge in [0.1, 0.15) is 0 Å². The smallest absolute Gasteiger partial charge is 0.415 e. The van der Waals surface area contributed by atoms with Crippen molar-refractivity contribution in [3.05, 3.63) is 29.8 Å². The minimum absolute atomic E-state index is 0.121. The highest BCUT2D eigenvalue weighted by molar-refractivity contribution is 8.13. The van der Waals surface area contributed by atoms with Gasteiger partial charge in [0, 0.05) is 24.3 Å². The third kappa shape index (κ3) is 4.08. The van der Waals surface area contributed by atoms with Crippen molar-refractivity contribution in [1.82, 2.24) is 4.90 Å². The molecule has 9 heteroatoms. The van der Waals surface area contributed by atoms with Gasteiger partial charge >= 0.3 is 12.1 Å². The van der Waals surface area contributed by atoms with Crippen LogP contribution in [0.2, 0.25) is 0 Å². The van der Waals surface area contributed by atoms with Gasteiger partial charge < -0.3 is 14.7 Å². The van der Waals surface area contributed by atoms with Crippen LogP contribution in [0.15, 0.2) is 24.3 Å². The predicted molar refractivity (Wildman–Crippen MR) is 101 cm³/mol. The first kappa shape index (κ1) is 19.2. The van der Waals surface area contributed by atoms with E-state index in [-0.39, 0.29) is 12.5 Å². The van der Waals surface area contributed by atoms with Crippen molar-refractivity contribution in [2.45, 2.75) is 18.9 Å². The van der Waals surface area contributed by atoms with Crippen LogP contribution < -0.4 is 4.90 Å². The molecule has 0 aromatic heterocycles. The van der Waals surface area contributed by atoms with E-state index >= 15 is 0 Å². The lowest BCUT2D eigenvalue weighted by Gasteiger charge is -2.31. The Hall–Kier alpha value is -2.55. The fraction of sp³-hybridized carbons (Fsp3) is 0.444. The second kappa shape index (κ2) is 7.99. The van der Waals surface area contributed by atoms with Gasteiger partial charge in [-0.2, -0.15) is 0 Å². The van der Waals surface area contributed by atoms with E-state index in [1.54, 1.807) is 29.2 Å². The zero-order chi connectivity index (χ0) is 19.6. The SMILES string of the molecule is CSC(=N)c1ccc(N2CC(C(=O)N3CCC(C(=O)O)CC3)OC2=O)cc1. The molecule has 3 rings (SSSR count). The van der Waals surface area contributed by atoms with Gasteiger partial charge in [-0.15, -0.1) is 11.8 Å². The monoisotopic (exact) mass is 391 g/mol. The van der Waals surface area contributed by atoms with Gasteiger partial charge in [-0.3, -0.25) is 19.9 Å². The molecule has 144 valence electrons. The molecule has 1 atom stereocenters. The van der Waals surface area contributed by atoms with Gasteiger partial charge in [0.25, 0.3) is 5.91 Å². The van der Waals surface area contributed by atoms with E-state index in [9.17, 15) is 14.4 Å². The van der Waals surface area contributed by atoms with E-state index < -0.39 is 24.1 Å². The molecule has 1 aromatic carbocycles. The molecule has 0 saturated carbocycles. The van der Waals surface area contributed by atoms with Crippen molar-refractivity contribution >= 4 is 40.5 Å². The van der Waals surface area contributed by atoms with E-state index in [1.165, 1.54) is 16.7 Å². The van der Waals surface area contributed by atoms with Crippen LogP contribution in [0, 0.1) is 11.3 Å². The number of ether oxygens (including phenoxy) is 1. The van der Waals surface area contributed by atoms with Gasteiger partial charge in [0.2, 0.25) is 0 Å². The van der Waals surface area contributed by atoms with E-state index in [0.717, 1.165) is 5.56 Å². The highest BCUT2D eigenvalue weighted by Crippen LogP contribution is 2.25. The van der Waals surface area contributed by atoms with Gasteiger partial charge in [-0.25, -0.2) is 4.79 Å². The number of carboxylic acids is 1. The normalized spacial score (nSPS) is 20.5. The largest absolute Gasteiger partial charge is 0.481 e. The second-order valence-electron chi connectivity index (χ2n) is 6.50. The van der Waals surface area contributed by atoms with Crippen LogP contribution in [0.1, 0.15) is 18.4 Å². The van der Waals surface area contributed by atoms with Crippen LogP contribution in [0.5, 0.6) is 0 Å². The van der Waals surface area contributed by atoms with Gasteiger partial charge in [-0.05, 0) is 31.2 Å². The molecule has 2 aliphatic heterocycles. The first-order valence-corrected chi connectivity index (χ1v) is 9.86. The summed E-state index contributed by atoms with van der Waals surface area (Å²) >= 11 is 1.33. The third-order valence-electron chi connectivity index (χ3n) is 4.89. The molecular weight excluding hydrogens is 370 g/mol. The van der Waals surface area contributed by atoms with Crippen LogP contribution in [0.4, 0.5) is 10.5 Å². The maximum absolute atomic E-state index is 12.6. The number of hydrogen-bond acceptors (Lipinski definition) is 6. The molecule has 0 radical (unpaired) electrons. The molecule has 0 spiro atoms. The Kier molecular flexibility index (Phi) is 5.69. The molecule has 2 amide bonds. The Labute approximate surface area is 161 Å². The lowest BCUT2D eigenvalue weighted by Crippen LogP contribution is -2.46. The summed E-state index contributed by atoms with van der Waals surface area (Å²) in [5.41, 5.74) is 1.37. The summed E-state index contributed by atoms with van der Waals surface area (Å²) in [4.78, 5) is 38.8. The fourth-order valence-electron chi connectivity index (χ4n) is 3.26. The molecule has 1 aromatic rings. The number of thioether (sulfide) groups is 1. The molecular formula is C18H21N3O5S. The quantitative estimate of drug-likeness (QED) is 0.600. The van der Waals surface area contributed by atoms with Crippen molar-refractivity contribution < 1.29 is 24.2 Å². The molecule has 2 aliphatic rings. The molecule has 8 nitrogen and oxygen atoms in total. The first-order valence-electron chi connectivity index (χ1n) is 8.63. The van der Waals surface area contributed by atoms with E-state index in [0.29, 0.717) is 36.7 Å². The number of benzene rings is 1. The molecule has 0 bridgehead atoms. The minimum atomic E-state index is -0.886. The standard InChI is InChI=1S/C18H21N3O5S/c1-27-15(19)11-2-4-13(5-3-11)21-10-14(26-18(21)25)16(22)20-8-6-12(7-9-20)17(23)24/h2-5,12,14,19H,6-10H2,1H3,(H,23,24). The summed E-state index contributed by atoms with van der Waals surface area (Å²) < 4.78 is 5.25. The van der Waals surface area contributed by atoms with Crippen LogP contribution in [-0.2, 0) is 14.3 Å². The van der Waals surface area contributed by atoms with Crippen LogP contribution in [0.3, 0.4) is 0 Å². The Bertz CT molecular complexity index is 759. The number of carboxylic acid groups (broad SMARTS) is 1. The summed E-state index contributed by atoms with van der Waals surface area (Å²) in [6.07, 6.45) is 1.18. The lowest BCUT2D eigenvalue weighted by atomic mass is 9.97. The molecule has 2 saturated heterocycles. The van der Waals surface area contributed by atoms with Crippen molar-refractivity contribution in [3.8, 4) is 0 Å². The molecule has 2 fully saturated rings. The van der Waals surface area contributed by atoms with Gasteiger partial charge in [0.05, 0.1) is 17.5 Å². The highest BCUT2D eigenvalue weighted by atomic mass is 32.2. The molecule has 2 heterocycles. The number of likely N-dealkylation sites (tertiary alicyclic amines) is 1. The van der Waals surface area contributed by atoms with Gasteiger partial charge in [0.15, 0.2) is 6.10 Å². The van der Waals surface area contributed by atoms with E-state index in [1.807, 2.05) is 6.26 Å². The minimum Gasteiger partial charge on any atom is -0.481 e.